The van der Waals surface area contributed by atoms with Crippen molar-refractivity contribution in [3.63, 3.8) is 0 Å². The number of benzene rings is 2. The lowest BCUT2D eigenvalue weighted by molar-refractivity contribution is -0.0494. The fourth-order valence-electron chi connectivity index (χ4n) is 4.78. The van der Waals surface area contributed by atoms with Crippen LogP contribution in [0, 0.1) is 0 Å². The summed E-state index contributed by atoms with van der Waals surface area (Å²) in [5, 5.41) is 11.4. The maximum Gasteiger partial charge on any atom is 0.387 e. The van der Waals surface area contributed by atoms with Gasteiger partial charge in [-0.1, -0.05) is 6.07 Å². The third kappa shape index (κ3) is 5.08. The van der Waals surface area contributed by atoms with Crippen LogP contribution in [0.15, 0.2) is 67.3 Å². The van der Waals surface area contributed by atoms with E-state index in [9.17, 15) is 13.6 Å². The molecule has 0 fully saturated rings. The number of nitrogens with one attached hydrogen (secondary N) is 1. The molecule has 1 aliphatic rings. The topological polar surface area (TPSA) is 98.8 Å². The molecule has 1 amide bonds. The molecule has 204 valence electrons. The van der Waals surface area contributed by atoms with Crippen LogP contribution in [0.25, 0.3) is 16.9 Å². The van der Waals surface area contributed by atoms with Crippen molar-refractivity contribution in [1.29, 1.82) is 0 Å². The number of carbonyl (C=O) groups is 1. The molecule has 10 nitrogen and oxygen atoms in total. The van der Waals surface area contributed by atoms with Gasteiger partial charge >= 0.3 is 6.61 Å². The minimum Gasteiger partial charge on any atom is -0.457 e. The first-order valence-corrected chi connectivity index (χ1v) is 12.5. The van der Waals surface area contributed by atoms with Crippen LogP contribution < -0.4 is 14.8 Å². The highest BCUT2D eigenvalue weighted by Gasteiger charge is 2.22. The molecule has 5 aromatic rings. The van der Waals surface area contributed by atoms with Crippen molar-refractivity contribution in [2.45, 2.75) is 19.6 Å². The zero-order valence-electron chi connectivity index (χ0n) is 21.7. The molecule has 12 heteroatoms. The van der Waals surface area contributed by atoms with E-state index in [-0.39, 0.29) is 28.3 Å². The summed E-state index contributed by atoms with van der Waals surface area (Å²) in [6.07, 6.45) is 7.13. The van der Waals surface area contributed by atoms with Crippen LogP contribution in [0.2, 0.25) is 0 Å². The molecule has 0 saturated heterocycles. The average Bonchev–Trinajstić information content (AvgIpc) is 3.52. The van der Waals surface area contributed by atoms with Gasteiger partial charge in [0.05, 0.1) is 17.4 Å². The number of carbonyl (C=O) groups excluding carboxylic acids is 1. The fourth-order valence-corrected chi connectivity index (χ4v) is 4.78. The molecule has 0 aliphatic carbocycles. The van der Waals surface area contributed by atoms with Crippen LogP contribution >= 0.6 is 0 Å². The Balaban J connectivity index is 1.33. The Kier molecular flexibility index (Phi) is 6.60. The predicted octanol–water partition coefficient (Wildman–Crippen LogP) is 4.76. The second-order valence-corrected chi connectivity index (χ2v) is 9.52. The van der Waals surface area contributed by atoms with Crippen molar-refractivity contribution in [1.82, 2.24) is 29.3 Å². The molecule has 0 atom stereocenters. The molecular weight excluding hydrogens is 520 g/mol. The van der Waals surface area contributed by atoms with Crippen LogP contribution in [0.1, 0.15) is 21.5 Å². The number of nitrogens with zero attached hydrogens (tertiary/aromatic N) is 6. The van der Waals surface area contributed by atoms with Crippen molar-refractivity contribution in [3.8, 4) is 28.5 Å². The van der Waals surface area contributed by atoms with Crippen molar-refractivity contribution in [2.75, 3.05) is 18.9 Å². The Morgan fingerprint density at radius 2 is 1.93 bits per heavy atom. The molecule has 2 aromatic carbocycles. The van der Waals surface area contributed by atoms with Crippen LogP contribution in [-0.4, -0.2) is 55.4 Å². The molecule has 3 aromatic heterocycles. The van der Waals surface area contributed by atoms with E-state index in [1.165, 1.54) is 32.6 Å². The van der Waals surface area contributed by atoms with Gasteiger partial charge in [0.2, 0.25) is 0 Å². The van der Waals surface area contributed by atoms with Crippen molar-refractivity contribution >= 4 is 17.2 Å². The molecule has 1 aliphatic heterocycles. The number of alkyl halides is 2. The predicted molar refractivity (Wildman–Crippen MR) is 143 cm³/mol. The summed E-state index contributed by atoms with van der Waals surface area (Å²) in [5.74, 6) is 0.445. The van der Waals surface area contributed by atoms with E-state index in [2.05, 4.69) is 32.4 Å². The molecule has 40 heavy (non-hydrogen) atoms. The Morgan fingerprint density at radius 1 is 1.10 bits per heavy atom. The number of aryl methyl sites for hydroxylation is 1. The SMILES string of the molecule is CN1CCc2cc(Oc3ccc(OC(F)F)c(-c4nn(C)cc4NC(=O)c4cnn5cccnc45)c3)ccc2C1. The summed E-state index contributed by atoms with van der Waals surface area (Å²) in [6, 6.07) is 12.2. The summed E-state index contributed by atoms with van der Waals surface area (Å²) in [6.45, 7) is -1.23. The average molecular weight is 546 g/mol. The van der Waals surface area contributed by atoms with Crippen molar-refractivity contribution in [2.24, 2.45) is 7.05 Å². The lowest BCUT2D eigenvalue weighted by Gasteiger charge is -2.25. The highest BCUT2D eigenvalue weighted by Crippen LogP contribution is 2.39. The molecule has 0 unspecified atom stereocenters. The van der Waals surface area contributed by atoms with Crippen LogP contribution in [0.3, 0.4) is 0 Å². The van der Waals surface area contributed by atoms with E-state index >= 15 is 0 Å². The number of ether oxygens (including phenoxy) is 2. The smallest absolute Gasteiger partial charge is 0.387 e. The minimum atomic E-state index is -3.06. The Morgan fingerprint density at radius 3 is 2.77 bits per heavy atom. The van der Waals surface area contributed by atoms with Gasteiger partial charge in [0.15, 0.2) is 5.65 Å². The summed E-state index contributed by atoms with van der Waals surface area (Å²) in [7, 11) is 3.75. The quantitative estimate of drug-likeness (QED) is 0.315. The third-order valence-corrected chi connectivity index (χ3v) is 6.64. The first-order chi connectivity index (χ1) is 19.3. The second kappa shape index (κ2) is 10.4. The van der Waals surface area contributed by atoms with Gasteiger partial charge in [-0.15, -0.1) is 0 Å². The maximum absolute atomic E-state index is 13.3. The van der Waals surface area contributed by atoms with Crippen molar-refractivity contribution in [3.05, 3.63) is 83.9 Å². The monoisotopic (exact) mass is 545 g/mol. The first-order valence-electron chi connectivity index (χ1n) is 12.5. The zero-order chi connectivity index (χ0) is 27.8. The number of amides is 1. The van der Waals surface area contributed by atoms with Gasteiger partial charge in [0.1, 0.15) is 28.5 Å². The number of anilines is 1. The van der Waals surface area contributed by atoms with Gasteiger partial charge in [0, 0.05) is 38.7 Å². The van der Waals surface area contributed by atoms with Gasteiger partial charge in [-0.25, -0.2) is 9.50 Å². The number of fused-ring (bicyclic) bond motifs is 2. The van der Waals surface area contributed by atoms with Gasteiger partial charge in [-0.2, -0.15) is 19.0 Å². The van der Waals surface area contributed by atoms with Gasteiger partial charge in [-0.05, 0) is 61.0 Å². The highest BCUT2D eigenvalue weighted by atomic mass is 19.3. The standard InChI is InChI=1S/C28H25F2N7O3/c1-35-11-8-17-12-19(5-4-18(17)15-35)39-20-6-7-24(40-28(29)30)21(13-20)25-23(16-36(2)34-25)33-27(38)22-14-32-37-10-3-9-31-26(22)37/h3-7,9-10,12-14,16,28H,8,11,15H2,1-2H3,(H,33,38). The Labute approximate surface area is 227 Å². The summed E-state index contributed by atoms with van der Waals surface area (Å²) in [4.78, 5) is 19.6. The normalized spacial score (nSPS) is 13.4. The van der Waals surface area contributed by atoms with E-state index in [1.807, 2.05) is 18.2 Å². The molecule has 6 rings (SSSR count). The lowest BCUT2D eigenvalue weighted by Crippen LogP contribution is -2.26. The first kappa shape index (κ1) is 25.4. The van der Waals surface area contributed by atoms with Gasteiger partial charge in [-0.3, -0.25) is 9.48 Å². The Hall–Kier alpha value is -4.84. The molecule has 4 heterocycles. The largest absolute Gasteiger partial charge is 0.457 e. The minimum absolute atomic E-state index is 0.109. The fraction of sp³-hybridized carbons (Fsp3) is 0.214. The zero-order valence-corrected chi connectivity index (χ0v) is 21.7. The van der Waals surface area contributed by atoms with Crippen molar-refractivity contribution < 1.29 is 23.0 Å². The number of likely N-dealkylation sites (N-methyl/N-ethyl adjacent to an activating group) is 1. The van der Waals surface area contributed by atoms with Crippen LogP contribution in [-0.2, 0) is 20.0 Å². The maximum atomic E-state index is 13.3. The number of hydrogen-bond donors (Lipinski definition) is 1. The van der Waals surface area contributed by atoms with E-state index in [0.29, 0.717) is 17.1 Å². The Bertz CT molecular complexity index is 1720. The molecule has 0 radical (unpaired) electrons. The van der Waals surface area contributed by atoms with E-state index in [0.717, 1.165) is 19.5 Å². The third-order valence-electron chi connectivity index (χ3n) is 6.64. The number of halogens is 2. The van der Waals surface area contributed by atoms with Gasteiger partial charge in [0.25, 0.3) is 5.91 Å². The van der Waals surface area contributed by atoms with E-state index in [4.69, 9.17) is 9.47 Å². The van der Waals surface area contributed by atoms with Crippen LogP contribution in [0.4, 0.5) is 14.5 Å². The number of hydrogen-bond acceptors (Lipinski definition) is 7. The summed E-state index contributed by atoms with van der Waals surface area (Å²) >= 11 is 0. The van der Waals surface area contributed by atoms with Crippen LogP contribution in [0.5, 0.6) is 17.2 Å². The summed E-state index contributed by atoms with van der Waals surface area (Å²) < 4.78 is 40.6. The summed E-state index contributed by atoms with van der Waals surface area (Å²) in [5.41, 5.74) is 3.83. The molecule has 1 N–H and O–H groups in total. The molecule has 0 bridgehead atoms. The second-order valence-electron chi connectivity index (χ2n) is 9.52. The van der Waals surface area contributed by atoms with Gasteiger partial charge < -0.3 is 19.7 Å². The molecule has 0 spiro atoms. The van der Waals surface area contributed by atoms with E-state index < -0.39 is 12.5 Å². The van der Waals surface area contributed by atoms with E-state index in [1.54, 1.807) is 43.8 Å². The molecular formula is C28H25F2N7O3. The highest BCUT2D eigenvalue weighted by molar-refractivity contribution is 6.09. The number of aromatic nitrogens is 5. The molecule has 0 saturated carbocycles. The number of rotatable bonds is 7. The lowest BCUT2D eigenvalue weighted by atomic mass is 10.00.